The lowest BCUT2D eigenvalue weighted by Gasteiger charge is -2.14. The lowest BCUT2D eigenvalue weighted by atomic mass is 10.2. The lowest BCUT2D eigenvalue weighted by Crippen LogP contribution is -2.06. The summed E-state index contributed by atoms with van der Waals surface area (Å²) in [6.45, 7) is 6.79. The van der Waals surface area contributed by atoms with E-state index in [1.165, 1.54) is 0 Å². The predicted molar refractivity (Wildman–Crippen MR) is 67.5 cm³/mol. The van der Waals surface area contributed by atoms with E-state index in [9.17, 15) is 0 Å². The van der Waals surface area contributed by atoms with Crippen molar-refractivity contribution in [2.45, 2.75) is 31.8 Å². The molecule has 3 heteroatoms. The summed E-state index contributed by atoms with van der Waals surface area (Å²) in [5, 5.41) is 0.695. The molecule has 1 aromatic rings. The van der Waals surface area contributed by atoms with Crippen LogP contribution >= 0.6 is 27.7 Å². The molecular formula is C11H16BrNS. The normalized spacial score (nSPS) is 13.2. The van der Waals surface area contributed by atoms with Crippen LogP contribution in [0.15, 0.2) is 22.8 Å². The van der Waals surface area contributed by atoms with E-state index in [0.29, 0.717) is 5.25 Å². The molecule has 14 heavy (non-hydrogen) atoms. The van der Waals surface area contributed by atoms with Crippen molar-refractivity contribution in [3.63, 3.8) is 0 Å². The highest BCUT2D eigenvalue weighted by Gasteiger charge is 2.07. The summed E-state index contributed by atoms with van der Waals surface area (Å²) in [4.78, 5) is 4.34. The fraction of sp³-hybridized carbons (Fsp3) is 0.545. The maximum absolute atomic E-state index is 4.34. The molecule has 0 bridgehead atoms. The minimum atomic E-state index is 0.695. The van der Waals surface area contributed by atoms with Gasteiger partial charge in [-0.3, -0.25) is 4.98 Å². The maximum atomic E-state index is 4.34. The van der Waals surface area contributed by atoms with Crippen LogP contribution < -0.4 is 0 Å². The van der Waals surface area contributed by atoms with Gasteiger partial charge in [0.05, 0.1) is 5.69 Å². The predicted octanol–water partition coefficient (Wildman–Crippen LogP) is 4.12. The summed E-state index contributed by atoms with van der Waals surface area (Å²) in [5.41, 5.74) is 1.16. The number of pyridine rings is 1. The van der Waals surface area contributed by atoms with Crippen molar-refractivity contribution in [1.29, 1.82) is 0 Å². The van der Waals surface area contributed by atoms with Crippen LogP contribution in [0.4, 0.5) is 0 Å². The molecule has 0 radical (unpaired) electrons. The summed E-state index contributed by atoms with van der Waals surface area (Å²) in [5.74, 6) is 1.74. The van der Waals surface area contributed by atoms with Gasteiger partial charge in [0.2, 0.25) is 0 Å². The van der Waals surface area contributed by atoms with Crippen LogP contribution in [-0.2, 0) is 5.75 Å². The summed E-state index contributed by atoms with van der Waals surface area (Å²) >= 11 is 5.35. The number of hydrogen-bond donors (Lipinski definition) is 0. The van der Waals surface area contributed by atoms with E-state index in [1.54, 1.807) is 0 Å². The third-order valence-corrected chi connectivity index (χ3v) is 4.22. The second kappa shape index (κ2) is 5.76. The summed E-state index contributed by atoms with van der Waals surface area (Å²) in [6.07, 6.45) is 1.86. The SMILES string of the molecule is CC(C)C(C)SCc1ccc(Br)cn1. The van der Waals surface area contributed by atoms with Gasteiger partial charge >= 0.3 is 0 Å². The van der Waals surface area contributed by atoms with Crippen molar-refractivity contribution in [2.75, 3.05) is 0 Å². The van der Waals surface area contributed by atoms with Crippen molar-refractivity contribution < 1.29 is 0 Å². The molecule has 0 N–H and O–H groups in total. The lowest BCUT2D eigenvalue weighted by molar-refractivity contribution is 0.642. The number of thioether (sulfide) groups is 1. The van der Waals surface area contributed by atoms with E-state index in [2.05, 4.69) is 47.8 Å². The Kier molecular flexibility index (Phi) is 4.96. The zero-order valence-corrected chi connectivity index (χ0v) is 11.2. The fourth-order valence-corrected chi connectivity index (χ4v) is 2.12. The quantitative estimate of drug-likeness (QED) is 0.819. The third kappa shape index (κ3) is 4.01. The van der Waals surface area contributed by atoms with Crippen LogP contribution in [0, 0.1) is 5.92 Å². The van der Waals surface area contributed by atoms with E-state index in [1.807, 2.05) is 24.0 Å². The Morgan fingerprint density at radius 1 is 1.36 bits per heavy atom. The van der Waals surface area contributed by atoms with Gasteiger partial charge in [0.1, 0.15) is 0 Å². The van der Waals surface area contributed by atoms with Gasteiger partial charge < -0.3 is 0 Å². The number of aromatic nitrogens is 1. The first-order chi connectivity index (χ1) is 6.59. The zero-order valence-electron chi connectivity index (χ0n) is 8.83. The molecule has 1 atom stereocenters. The van der Waals surface area contributed by atoms with Crippen molar-refractivity contribution in [3.05, 3.63) is 28.5 Å². The van der Waals surface area contributed by atoms with Gasteiger partial charge in [0, 0.05) is 21.7 Å². The highest BCUT2D eigenvalue weighted by Crippen LogP contribution is 2.22. The van der Waals surface area contributed by atoms with Crippen LogP contribution in [0.1, 0.15) is 26.5 Å². The van der Waals surface area contributed by atoms with Gasteiger partial charge in [-0.1, -0.05) is 20.8 Å². The summed E-state index contributed by atoms with van der Waals surface area (Å²) < 4.78 is 1.04. The molecule has 1 aromatic heterocycles. The van der Waals surface area contributed by atoms with Gasteiger partial charge in [0.15, 0.2) is 0 Å². The Labute approximate surface area is 98.8 Å². The molecule has 78 valence electrons. The third-order valence-electron chi connectivity index (χ3n) is 2.22. The van der Waals surface area contributed by atoms with E-state index in [-0.39, 0.29) is 0 Å². The zero-order chi connectivity index (χ0) is 10.6. The molecule has 0 aromatic carbocycles. The molecule has 1 rings (SSSR count). The first-order valence-electron chi connectivity index (χ1n) is 4.81. The van der Waals surface area contributed by atoms with Crippen molar-refractivity contribution >= 4 is 27.7 Å². The minimum absolute atomic E-state index is 0.695. The Bertz CT molecular complexity index is 271. The van der Waals surface area contributed by atoms with Gasteiger partial charge in [-0.25, -0.2) is 0 Å². The minimum Gasteiger partial charge on any atom is -0.259 e. The highest BCUT2D eigenvalue weighted by atomic mass is 79.9. The van der Waals surface area contributed by atoms with Crippen LogP contribution in [0.5, 0.6) is 0 Å². The summed E-state index contributed by atoms with van der Waals surface area (Å²) in [6, 6.07) is 4.12. The van der Waals surface area contributed by atoms with Crippen LogP contribution in [0.2, 0.25) is 0 Å². The topological polar surface area (TPSA) is 12.9 Å². The maximum Gasteiger partial charge on any atom is 0.0503 e. The largest absolute Gasteiger partial charge is 0.259 e. The number of nitrogens with zero attached hydrogens (tertiary/aromatic N) is 1. The van der Waals surface area contributed by atoms with Crippen LogP contribution in [-0.4, -0.2) is 10.2 Å². The molecule has 0 saturated heterocycles. The monoisotopic (exact) mass is 273 g/mol. The molecule has 1 heterocycles. The average Bonchev–Trinajstić information content (AvgIpc) is 2.16. The highest BCUT2D eigenvalue weighted by molar-refractivity contribution is 9.10. The number of rotatable bonds is 4. The van der Waals surface area contributed by atoms with Gasteiger partial charge in [-0.05, 0) is 34.0 Å². The summed E-state index contributed by atoms with van der Waals surface area (Å²) in [7, 11) is 0. The smallest absolute Gasteiger partial charge is 0.0503 e. The van der Waals surface area contributed by atoms with Crippen molar-refractivity contribution in [1.82, 2.24) is 4.98 Å². The molecule has 0 saturated carbocycles. The first kappa shape index (κ1) is 12.1. The van der Waals surface area contributed by atoms with Gasteiger partial charge in [-0.15, -0.1) is 0 Å². The van der Waals surface area contributed by atoms with Crippen molar-refractivity contribution in [2.24, 2.45) is 5.92 Å². The molecular weight excluding hydrogens is 258 g/mol. The molecule has 0 fully saturated rings. The number of halogens is 1. The first-order valence-corrected chi connectivity index (χ1v) is 6.66. The Balaban J connectivity index is 2.42. The Morgan fingerprint density at radius 2 is 2.07 bits per heavy atom. The molecule has 0 aliphatic rings. The van der Waals surface area contributed by atoms with Crippen LogP contribution in [0.25, 0.3) is 0 Å². The Morgan fingerprint density at radius 3 is 2.57 bits per heavy atom. The molecule has 1 unspecified atom stereocenters. The average molecular weight is 274 g/mol. The van der Waals surface area contributed by atoms with E-state index in [4.69, 9.17) is 0 Å². The molecule has 0 amide bonds. The van der Waals surface area contributed by atoms with E-state index < -0.39 is 0 Å². The fourth-order valence-electron chi connectivity index (χ4n) is 0.901. The van der Waals surface area contributed by atoms with Crippen LogP contribution in [0.3, 0.4) is 0 Å². The van der Waals surface area contributed by atoms with E-state index >= 15 is 0 Å². The molecule has 0 spiro atoms. The molecule has 0 aliphatic heterocycles. The van der Waals surface area contributed by atoms with E-state index in [0.717, 1.165) is 21.8 Å². The second-order valence-corrected chi connectivity index (χ2v) is 6.01. The molecule has 1 nitrogen and oxygen atoms in total. The van der Waals surface area contributed by atoms with Crippen molar-refractivity contribution in [3.8, 4) is 0 Å². The molecule has 0 aliphatic carbocycles. The Hall–Kier alpha value is -0.0200. The standard InChI is InChI=1S/C11H16BrNS/c1-8(2)9(3)14-7-11-5-4-10(12)6-13-11/h4-6,8-9H,7H2,1-3H3. The number of hydrogen-bond acceptors (Lipinski definition) is 2. The van der Waals surface area contributed by atoms with Gasteiger partial charge in [0.25, 0.3) is 0 Å². The van der Waals surface area contributed by atoms with Gasteiger partial charge in [-0.2, -0.15) is 11.8 Å². The second-order valence-electron chi connectivity index (χ2n) is 3.73.